The van der Waals surface area contributed by atoms with Gasteiger partial charge in [-0.15, -0.1) is 4.91 Å². The number of aliphatic hydroxyl groups excluding tert-OH is 1. The molecule has 2 atom stereocenters. The van der Waals surface area contributed by atoms with E-state index >= 15 is 0 Å². The Kier molecular flexibility index (Phi) is 7.73. The van der Waals surface area contributed by atoms with Crippen LogP contribution in [0.25, 0.3) is 0 Å². The van der Waals surface area contributed by atoms with Crippen molar-refractivity contribution < 1.29 is 5.11 Å². The molecular weight excluding hydrogens is 314 g/mol. The van der Waals surface area contributed by atoms with Gasteiger partial charge >= 0.3 is 0 Å². The van der Waals surface area contributed by atoms with Gasteiger partial charge in [0.2, 0.25) is 0 Å². The fraction of sp³-hybridized carbons (Fsp3) is 0.400. The summed E-state index contributed by atoms with van der Waals surface area (Å²) in [7, 11) is 0. The van der Waals surface area contributed by atoms with E-state index in [0.29, 0.717) is 12.6 Å². The number of nitroso groups, excluding NO2 is 1. The predicted molar refractivity (Wildman–Crippen MR) is 102 cm³/mol. The molecule has 0 amide bonds. The van der Waals surface area contributed by atoms with Crippen LogP contribution in [0.2, 0.25) is 0 Å². The quantitative estimate of drug-likeness (QED) is 0.577. The predicted octanol–water partition coefficient (Wildman–Crippen LogP) is 2.91. The summed E-state index contributed by atoms with van der Waals surface area (Å²) in [6, 6.07) is 17.9. The molecule has 0 spiro atoms. The maximum atomic E-state index is 9.39. The first-order valence-corrected chi connectivity index (χ1v) is 8.67. The molecule has 2 aromatic carbocycles. The molecule has 1 aliphatic heterocycles. The van der Waals surface area contributed by atoms with Crippen molar-refractivity contribution in [3.05, 3.63) is 75.7 Å². The van der Waals surface area contributed by atoms with E-state index < -0.39 is 6.10 Å². The average Bonchev–Trinajstić information content (AvgIpc) is 2.62. The first-order chi connectivity index (χ1) is 12.1. The summed E-state index contributed by atoms with van der Waals surface area (Å²) >= 11 is 0. The Morgan fingerprint density at radius 3 is 2.72 bits per heavy atom. The van der Waals surface area contributed by atoms with Gasteiger partial charge in [0.25, 0.3) is 0 Å². The third kappa shape index (κ3) is 6.05. The molecule has 0 saturated heterocycles. The van der Waals surface area contributed by atoms with Crippen LogP contribution in [0.1, 0.15) is 35.2 Å². The molecule has 3 N–H and O–H groups in total. The molecule has 0 radical (unpaired) electrons. The number of hydrogen-bond acceptors (Lipinski definition) is 5. The maximum absolute atomic E-state index is 9.39. The number of aryl methyl sites for hydroxylation is 1. The number of aliphatic hydroxyl groups is 1. The molecule has 0 bridgehead atoms. The van der Waals surface area contributed by atoms with Crippen LogP contribution >= 0.6 is 0 Å². The van der Waals surface area contributed by atoms with Crippen LogP contribution in [-0.4, -0.2) is 31.0 Å². The normalized spacial score (nSPS) is 17.0. The van der Waals surface area contributed by atoms with Crippen LogP contribution in [0.15, 0.2) is 53.7 Å². The van der Waals surface area contributed by atoms with Crippen LogP contribution in [0.3, 0.4) is 0 Å². The van der Waals surface area contributed by atoms with Gasteiger partial charge in [0.15, 0.2) is 0 Å². The lowest BCUT2D eigenvalue weighted by Gasteiger charge is -2.27. The summed E-state index contributed by atoms with van der Waals surface area (Å²) in [5.41, 5.74) is 5.65. The van der Waals surface area contributed by atoms with Crippen LogP contribution in [0.5, 0.6) is 0 Å². The third-order valence-electron chi connectivity index (χ3n) is 4.10. The molecule has 5 heteroatoms. The van der Waals surface area contributed by atoms with Crippen LogP contribution in [-0.2, 0) is 6.42 Å². The van der Waals surface area contributed by atoms with Crippen molar-refractivity contribution in [1.82, 2.24) is 10.6 Å². The Morgan fingerprint density at radius 2 is 2.04 bits per heavy atom. The molecule has 1 aliphatic rings. The third-order valence-corrected chi connectivity index (χ3v) is 4.10. The zero-order valence-electron chi connectivity index (χ0n) is 14.9. The summed E-state index contributed by atoms with van der Waals surface area (Å²) in [6.07, 6.45) is 0.733. The lowest BCUT2D eigenvalue weighted by Crippen LogP contribution is -2.30. The summed E-state index contributed by atoms with van der Waals surface area (Å²) in [4.78, 5) is 9.39. The molecule has 0 fully saturated rings. The molecule has 3 rings (SSSR count). The zero-order chi connectivity index (χ0) is 18.1. The average molecular weight is 341 g/mol. The van der Waals surface area contributed by atoms with Crippen molar-refractivity contribution in [2.45, 2.75) is 32.4 Å². The van der Waals surface area contributed by atoms with Crippen molar-refractivity contribution in [2.24, 2.45) is 5.18 Å². The highest BCUT2D eigenvalue weighted by Crippen LogP contribution is 2.28. The standard InChI is InChI=1S/C16H17N.C4H10N2O2/c1-12-7-8-15-14(11-12)9-10-17-16(15)13-5-3-2-4-6-13;1-4(7)2-5-3-6-8/h2-8,11,16-17H,9-10H2,1H3;4-5,7H,2-3H2,1H3. The largest absolute Gasteiger partial charge is 0.392 e. The van der Waals surface area contributed by atoms with E-state index in [0.717, 1.165) is 13.0 Å². The summed E-state index contributed by atoms with van der Waals surface area (Å²) in [5, 5.41) is 17.3. The van der Waals surface area contributed by atoms with Crippen molar-refractivity contribution >= 4 is 0 Å². The first-order valence-electron chi connectivity index (χ1n) is 8.67. The highest BCUT2D eigenvalue weighted by Gasteiger charge is 2.20. The van der Waals surface area contributed by atoms with Gasteiger partial charge in [-0.3, -0.25) is 5.32 Å². The fourth-order valence-corrected chi connectivity index (χ4v) is 2.96. The van der Waals surface area contributed by atoms with Gasteiger partial charge in [-0.2, -0.15) is 0 Å². The molecule has 0 aromatic heterocycles. The topological polar surface area (TPSA) is 73.7 Å². The highest BCUT2D eigenvalue weighted by molar-refractivity contribution is 5.41. The number of fused-ring (bicyclic) bond motifs is 1. The molecule has 0 saturated carbocycles. The minimum Gasteiger partial charge on any atom is -0.392 e. The molecule has 2 aromatic rings. The lowest BCUT2D eigenvalue weighted by molar-refractivity contribution is 0.192. The maximum Gasteiger partial charge on any atom is 0.131 e. The highest BCUT2D eigenvalue weighted by atomic mass is 16.3. The van der Waals surface area contributed by atoms with Gasteiger partial charge in [0.05, 0.1) is 12.1 Å². The van der Waals surface area contributed by atoms with E-state index in [1.807, 2.05) is 0 Å². The summed E-state index contributed by atoms with van der Waals surface area (Å²) in [5.74, 6) is 0. The zero-order valence-corrected chi connectivity index (χ0v) is 14.9. The molecule has 134 valence electrons. The smallest absolute Gasteiger partial charge is 0.131 e. The monoisotopic (exact) mass is 341 g/mol. The molecule has 1 heterocycles. The van der Waals surface area contributed by atoms with E-state index in [2.05, 4.69) is 71.3 Å². The van der Waals surface area contributed by atoms with E-state index in [-0.39, 0.29) is 6.67 Å². The van der Waals surface area contributed by atoms with E-state index in [1.54, 1.807) is 6.92 Å². The Bertz CT molecular complexity index is 659. The van der Waals surface area contributed by atoms with Crippen LogP contribution in [0, 0.1) is 11.8 Å². The second-order valence-corrected chi connectivity index (χ2v) is 6.34. The second kappa shape index (κ2) is 10.0. The second-order valence-electron chi connectivity index (χ2n) is 6.34. The van der Waals surface area contributed by atoms with Crippen molar-refractivity contribution in [3.63, 3.8) is 0 Å². The summed E-state index contributed by atoms with van der Waals surface area (Å²) < 4.78 is 0. The van der Waals surface area contributed by atoms with Gasteiger partial charge in [0, 0.05) is 13.1 Å². The molecular formula is C20H27N3O2. The van der Waals surface area contributed by atoms with Crippen LogP contribution < -0.4 is 10.6 Å². The van der Waals surface area contributed by atoms with E-state index in [1.165, 1.54) is 22.3 Å². The van der Waals surface area contributed by atoms with E-state index in [4.69, 9.17) is 5.11 Å². The lowest BCUT2D eigenvalue weighted by atomic mass is 9.89. The van der Waals surface area contributed by atoms with Gasteiger partial charge in [0.1, 0.15) is 6.67 Å². The first kappa shape index (κ1) is 19.2. The molecule has 5 nitrogen and oxygen atoms in total. The Balaban J connectivity index is 0.000000242. The van der Waals surface area contributed by atoms with Crippen molar-refractivity contribution in [1.29, 1.82) is 0 Å². The molecule has 2 unspecified atom stereocenters. The SMILES string of the molecule is CC(O)CNCN=O.Cc1ccc2c(c1)CCNC2c1ccccc1. The number of nitrogens with one attached hydrogen (secondary N) is 2. The van der Waals surface area contributed by atoms with Gasteiger partial charge in [-0.25, -0.2) is 0 Å². The van der Waals surface area contributed by atoms with Crippen molar-refractivity contribution in [2.75, 3.05) is 19.8 Å². The Labute approximate surface area is 149 Å². The minimum atomic E-state index is -0.406. The van der Waals surface area contributed by atoms with Gasteiger partial charge in [-0.05, 0) is 37.0 Å². The number of nitrogens with zero attached hydrogens (tertiary/aromatic N) is 1. The summed E-state index contributed by atoms with van der Waals surface area (Å²) in [6.45, 7) is 5.37. The fourth-order valence-electron chi connectivity index (χ4n) is 2.96. The molecule has 0 aliphatic carbocycles. The number of benzene rings is 2. The van der Waals surface area contributed by atoms with Crippen molar-refractivity contribution in [3.8, 4) is 0 Å². The van der Waals surface area contributed by atoms with E-state index in [9.17, 15) is 4.91 Å². The molecule has 25 heavy (non-hydrogen) atoms. The Hall–Kier alpha value is -2.08. The van der Waals surface area contributed by atoms with Crippen LogP contribution in [0.4, 0.5) is 0 Å². The Morgan fingerprint density at radius 1 is 1.28 bits per heavy atom. The number of hydrogen-bond donors (Lipinski definition) is 3. The number of rotatable bonds is 5. The van der Waals surface area contributed by atoms with Gasteiger partial charge in [-0.1, -0.05) is 59.3 Å². The minimum absolute atomic E-state index is 0.0743. The van der Waals surface area contributed by atoms with Gasteiger partial charge < -0.3 is 10.4 Å².